The number of pyridine rings is 1. The highest BCUT2D eigenvalue weighted by Crippen LogP contribution is 2.25. The van der Waals surface area contributed by atoms with Crippen molar-refractivity contribution >= 4 is 17.4 Å². The average molecular weight is 294 g/mol. The zero-order chi connectivity index (χ0) is 15.4. The Kier molecular flexibility index (Phi) is 4.69. The van der Waals surface area contributed by atoms with Gasteiger partial charge in [-0.15, -0.1) is 0 Å². The van der Waals surface area contributed by atoms with Crippen molar-refractivity contribution in [2.75, 3.05) is 39.2 Å². The number of carbonyl (C=O) groups excluding carboxylic acids is 1. The van der Waals surface area contributed by atoms with Crippen molar-refractivity contribution in [2.45, 2.75) is 6.42 Å². The van der Waals surface area contributed by atoms with Crippen molar-refractivity contribution in [1.29, 1.82) is 0 Å². The lowest BCUT2D eigenvalue weighted by atomic mass is 10.1. The summed E-state index contributed by atoms with van der Waals surface area (Å²) in [6.45, 7) is 1.73. The van der Waals surface area contributed by atoms with Crippen LogP contribution in [0.4, 0.5) is 11.5 Å². The summed E-state index contributed by atoms with van der Waals surface area (Å²) in [7, 11) is 3.27. The number of hydrogen-bond acceptors (Lipinski definition) is 6. The molecule has 0 radical (unpaired) electrons. The fourth-order valence-corrected chi connectivity index (χ4v) is 2.46. The summed E-state index contributed by atoms with van der Waals surface area (Å²) in [5.41, 5.74) is -0.202. The molecule has 1 fully saturated rings. The van der Waals surface area contributed by atoms with E-state index in [9.17, 15) is 14.9 Å². The Morgan fingerprint density at radius 1 is 1.67 bits per heavy atom. The summed E-state index contributed by atoms with van der Waals surface area (Å²) >= 11 is 0. The van der Waals surface area contributed by atoms with Gasteiger partial charge in [-0.2, -0.15) is 0 Å². The topological polar surface area (TPSA) is 97.6 Å². The van der Waals surface area contributed by atoms with Gasteiger partial charge in [-0.25, -0.2) is 4.98 Å². The molecule has 8 heteroatoms. The zero-order valence-electron chi connectivity index (χ0n) is 12.0. The van der Waals surface area contributed by atoms with Crippen molar-refractivity contribution in [3.63, 3.8) is 0 Å². The van der Waals surface area contributed by atoms with Gasteiger partial charge >= 0.3 is 0 Å². The first kappa shape index (κ1) is 15.2. The Hall–Kier alpha value is -2.22. The molecular weight excluding hydrogens is 276 g/mol. The van der Waals surface area contributed by atoms with Gasteiger partial charge in [0.1, 0.15) is 17.6 Å². The molecule has 1 amide bonds. The number of methoxy groups -OCH3 is 1. The molecule has 1 aliphatic rings. The second-order valence-electron chi connectivity index (χ2n) is 4.96. The predicted molar refractivity (Wildman–Crippen MR) is 76.3 cm³/mol. The zero-order valence-corrected chi connectivity index (χ0v) is 12.0. The minimum atomic E-state index is -0.581. The molecule has 0 spiro atoms. The van der Waals surface area contributed by atoms with Crippen molar-refractivity contribution in [2.24, 2.45) is 5.92 Å². The van der Waals surface area contributed by atoms with Crippen LogP contribution in [0.3, 0.4) is 0 Å². The molecule has 2 heterocycles. The molecule has 1 saturated heterocycles. The highest BCUT2D eigenvalue weighted by Gasteiger charge is 2.31. The SMILES string of the molecule is CNc1cc(C(=O)N2CCC(COC)C2)c([N+](=O)[O-])cn1. The molecule has 2 rings (SSSR count). The summed E-state index contributed by atoms with van der Waals surface area (Å²) in [6.07, 6.45) is 1.96. The van der Waals surface area contributed by atoms with Gasteiger partial charge in [-0.1, -0.05) is 0 Å². The smallest absolute Gasteiger partial charge is 0.300 e. The summed E-state index contributed by atoms with van der Waals surface area (Å²) in [5.74, 6) is 0.374. The van der Waals surface area contributed by atoms with Gasteiger partial charge < -0.3 is 15.0 Å². The van der Waals surface area contributed by atoms with E-state index in [1.165, 1.54) is 6.07 Å². The number of nitrogens with one attached hydrogen (secondary N) is 1. The van der Waals surface area contributed by atoms with E-state index < -0.39 is 4.92 Å². The fraction of sp³-hybridized carbons (Fsp3) is 0.538. The van der Waals surface area contributed by atoms with Crippen LogP contribution in [-0.2, 0) is 4.74 Å². The third kappa shape index (κ3) is 3.27. The van der Waals surface area contributed by atoms with Crippen LogP contribution in [0.15, 0.2) is 12.3 Å². The Balaban J connectivity index is 2.24. The van der Waals surface area contributed by atoms with Gasteiger partial charge in [0.05, 0.1) is 11.5 Å². The minimum absolute atomic E-state index is 0.0671. The van der Waals surface area contributed by atoms with Crippen LogP contribution in [0, 0.1) is 16.0 Å². The number of likely N-dealkylation sites (tertiary alicyclic amines) is 1. The Morgan fingerprint density at radius 2 is 2.43 bits per heavy atom. The summed E-state index contributed by atoms with van der Waals surface area (Å²) in [5, 5.41) is 13.8. The number of carbonyl (C=O) groups is 1. The standard InChI is InChI=1S/C13H18N4O4/c1-14-12-5-10(11(6-15-12)17(19)20)13(18)16-4-3-9(7-16)8-21-2/h5-6,9H,3-4,7-8H2,1-2H3,(H,14,15). The molecule has 0 aromatic carbocycles. The van der Waals surface area contributed by atoms with E-state index in [0.717, 1.165) is 12.6 Å². The Labute approximate surface area is 122 Å². The van der Waals surface area contributed by atoms with Crippen molar-refractivity contribution in [1.82, 2.24) is 9.88 Å². The van der Waals surface area contributed by atoms with Gasteiger partial charge in [0.2, 0.25) is 0 Å². The maximum Gasteiger partial charge on any atom is 0.300 e. The normalized spacial score (nSPS) is 17.8. The molecule has 21 heavy (non-hydrogen) atoms. The van der Waals surface area contributed by atoms with Crippen LogP contribution in [0.5, 0.6) is 0 Å². The van der Waals surface area contributed by atoms with Crippen molar-refractivity contribution < 1.29 is 14.5 Å². The first-order chi connectivity index (χ1) is 10.1. The van der Waals surface area contributed by atoms with Crippen LogP contribution >= 0.6 is 0 Å². The van der Waals surface area contributed by atoms with Crippen LogP contribution in [0.2, 0.25) is 0 Å². The number of anilines is 1. The highest BCUT2D eigenvalue weighted by atomic mass is 16.6. The van der Waals surface area contributed by atoms with Crippen LogP contribution in [0.25, 0.3) is 0 Å². The summed E-state index contributed by atoms with van der Waals surface area (Å²) < 4.78 is 5.09. The average Bonchev–Trinajstić information content (AvgIpc) is 2.94. The van der Waals surface area contributed by atoms with Gasteiger partial charge in [0.15, 0.2) is 0 Å². The van der Waals surface area contributed by atoms with E-state index in [4.69, 9.17) is 4.74 Å². The quantitative estimate of drug-likeness (QED) is 0.646. The van der Waals surface area contributed by atoms with Gasteiger partial charge in [0.25, 0.3) is 11.6 Å². The number of nitro groups is 1. The molecule has 1 aliphatic heterocycles. The molecule has 1 aromatic heterocycles. The maximum atomic E-state index is 12.5. The first-order valence-corrected chi connectivity index (χ1v) is 6.67. The van der Waals surface area contributed by atoms with Gasteiger partial charge in [-0.3, -0.25) is 14.9 Å². The van der Waals surface area contributed by atoms with Crippen molar-refractivity contribution in [3.8, 4) is 0 Å². The van der Waals surface area contributed by atoms with E-state index >= 15 is 0 Å². The largest absolute Gasteiger partial charge is 0.384 e. The lowest BCUT2D eigenvalue weighted by Gasteiger charge is -2.16. The first-order valence-electron chi connectivity index (χ1n) is 6.67. The number of amides is 1. The predicted octanol–water partition coefficient (Wildman–Crippen LogP) is 1.14. The molecule has 1 atom stereocenters. The van der Waals surface area contributed by atoms with E-state index in [0.29, 0.717) is 25.5 Å². The molecule has 114 valence electrons. The third-order valence-electron chi connectivity index (χ3n) is 3.54. The molecule has 0 saturated carbocycles. The summed E-state index contributed by atoms with van der Waals surface area (Å²) in [4.78, 5) is 28.5. The Morgan fingerprint density at radius 3 is 3.05 bits per heavy atom. The monoisotopic (exact) mass is 294 g/mol. The van der Waals surface area contributed by atoms with Gasteiger partial charge in [-0.05, 0) is 6.42 Å². The molecule has 1 N–H and O–H groups in total. The number of ether oxygens (including phenoxy) is 1. The number of aromatic nitrogens is 1. The number of nitrogens with zero attached hydrogens (tertiary/aromatic N) is 3. The van der Waals surface area contributed by atoms with Crippen LogP contribution in [0.1, 0.15) is 16.8 Å². The van der Waals surface area contributed by atoms with Crippen LogP contribution in [-0.4, -0.2) is 54.6 Å². The second-order valence-corrected chi connectivity index (χ2v) is 4.96. The number of hydrogen-bond donors (Lipinski definition) is 1. The second kappa shape index (κ2) is 6.49. The molecule has 0 bridgehead atoms. The van der Waals surface area contributed by atoms with Gasteiger partial charge in [0, 0.05) is 39.2 Å². The molecule has 1 unspecified atom stereocenters. The fourth-order valence-electron chi connectivity index (χ4n) is 2.46. The summed E-state index contributed by atoms with van der Waals surface area (Å²) in [6, 6.07) is 1.42. The molecule has 1 aromatic rings. The number of rotatable bonds is 5. The van der Waals surface area contributed by atoms with E-state index in [2.05, 4.69) is 10.3 Å². The molecular formula is C13H18N4O4. The third-order valence-corrected chi connectivity index (χ3v) is 3.54. The molecule has 8 nitrogen and oxygen atoms in total. The lowest BCUT2D eigenvalue weighted by Crippen LogP contribution is -2.30. The maximum absolute atomic E-state index is 12.5. The lowest BCUT2D eigenvalue weighted by molar-refractivity contribution is -0.385. The van der Waals surface area contributed by atoms with E-state index in [-0.39, 0.29) is 23.1 Å². The minimum Gasteiger partial charge on any atom is -0.384 e. The van der Waals surface area contributed by atoms with E-state index in [1.807, 2.05) is 0 Å². The Bertz CT molecular complexity index is 549. The van der Waals surface area contributed by atoms with E-state index in [1.54, 1.807) is 19.1 Å². The highest BCUT2D eigenvalue weighted by molar-refractivity contribution is 5.98. The molecule has 0 aliphatic carbocycles. The van der Waals surface area contributed by atoms with Crippen LogP contribution < -0.4 is 5.32 Å². The van der Waals surface area contributed by atoms with Crippen molar-refractivity contribution in [3.05, 3.63) is 27.9 Å².